The van der Waals surface area contributed by atoms with Crippen LogP contribution in [-0.2, 0) is 28.1 Å². The van der Waals surface area contributed by atoms with E-state index in [-0.39, 0.29) is 28.5 Å². The molecule has 1 aromatic heterocycles. The minimum atomic E-state index is 0. The first-order valence-electron chi connectivity index (χ1n) is 1.75. The Labute approximate surface area is 64.2 Å². The maximum atomic E-state index is 3.78. The molecule has 1 heterocycles. The third-order valence-corrected chi connectivity index (χ3v) is 0.576. The molecule has 0 aliphatic rings. The van der Waals surface area contributed by atoms with E-state index in [1.807, 2.05) is 7.05 Å². The zero-order valence-electron chi connectivity index (χ0n) is 4.96. The normalized spacial score (nSPS) is 6.62. The molecule has 0 aliphatic carbocycles. The Balaban J connectivity index is 0. The van der Waals surface area contributed by atoms with E-state index in [1.54, 1.807) is 16.9 Å². The largest absolute Gasteiger partial charge is 2.00 e. The van der Waals surface area contributed by atoms with E-state index in [0.29, 0.717) is 0 Å². The van der Waals surface area contributed by atoms with Crippen molar-refractivity contribution in [3.8, 4) is 0 Å². The number of rotatable bonds is 0. The van der Waals surface area contributed by atoms with Gasteiger partial charge in [-0.2, -0.15) is 6.07 Å². The fourth-order valence-corrected chi connectivity index (χ4v) is 0.308. The van der Waals surface area contributed by atoms with Crippen LogP contribution in [0.15, 0.2) is 12.3 Å². The van der Waals surface area contributed by atoms with Crippen LogP contribution in [0.5, 0.6) is 0 Å². The second-order valence-corrected chi connectivity index (χ2v) is 1.08. The molecule has 0 atom stereocenters. The van der Waals surface area contributed by atoms with Crippen LogP contribution >= 0.6 is 0 Å². The summed E-state index contributed by atoms with van der Waals surface area (Å²) in [5.41, 5.74) is 0. The van der Waals surface area contributed by atoms with Gasteiger partial charge in [0.2, 0.25) is 0 Å². The summed E-state index contributed by atoms with van der Waals surface area (Å²) < 4.78 is 1.62. The van der Waals surface area contributed by atoms with Crippen molar-refractivity contribution in [2.24, 2.45) is 7.05 Å². The molecule has 3 heteroatoms. The standard InChI is InChI=1S/C4H5N2.CH3.W/c1-6-4-2-3-5-6;;/h2-3H,1H3;1H3;/q2*-1;+2. The van der Waals surface area contributed by atoms with Crippen LogP contribution in [0.1, 0.15) is 0 Å². The zero-order valence-corrected chi connectivity index (χ0v) is 7.89. The minimum absolute atomic E-state index is 0. The number of nitrogens with zero attached hydrogens (tertiary/aromatic N) is 2. The summed E-state index contributed by atoms with van der Waals surface area (Å²) in [6.45, 7) is 0. The molecule has 0 amide bonds. The molecule has 1 aromatic rings. The molecular weight excluding hydrogens is 272 g/mol. The van der Waals surface area contributed by atoms with Gasteiger partial charge in [0, 0.05) is 7.05 Å². The van der Waals surface area contributed by atoms with Gasteiger partial charge in [0.25, 0.3) is 0 Å². The second-order valence-electron chi connectivity index (χ2n) is 1.08. The van der Waals surface area contributed by atoms with Gasteiger partial charge in [-0.05, 0) is 0 Å². The van der Waals surface area contributed by atoms with Gasteiger partial charge in [0.05, 0.1) is 0 Å². The van der Waals surface area contributed by atoms with Crippen LogP contribution in [0.2, 0.25) is 0 Å². The van der Waals surface area contributed by atoms with Gasteiger partial charge in [0.15, 0.2) is 0 Å². The van der Waals surface area contributed by atoms with Gasteiger partial charge in [-0.1, -0.05) is 0 Å². The van der Waals surface area contributed by atoms with Crippen molar-refractivity contribution in [2.45, 2.75) is 0 Å². The van der Waals surface area contributed by atoms with Gasteiger partial charge < -0.3 is 12.1 Å². The number of aryl methyl sites for hydroxylation is 1. The van der Waals surface area contributed by atoms with Gasteiger partial charge in [-0.15, -0.1) is 12.4 Å². The first-order chi connectivity index (χ1) is 2.89. The molecular formula is C5H8N2W. The monoisotopic (exact) mass is 280 g/mol. The third-order valence-electron chi connectivity index (χ3n) is 0.576. The Morgan fingerprint density at radius 2 is 2.25 bits per heavy atom. The van der Waals surface area contributed by atoms with Crippen LogP contribution in [-0.4, -0.2) is 9.78 Å². The fraction of sp³-hybridized carbons (Fsp3) is 0.200. The van der Waals surface area contributed by atoms with E-state index in [9.17, 15) is 0 Å². The second kappa shape index (κ2) is 5.04. The van der Waals surface area contributed by atoms with Gasteiger partial charge in [-0.3, -0.25) is 5.10 Å². The molecule has 0 saturated carbocycles. The van der Waals surface area contributed by atoms with E-state index in [1.165, 1.54) is 0 Å². The van der Waals surface area contributed by atoms with Crippen molar-refractivity contribution in [1.82, 2.24) is 9.78 Å². The molecule has 0 aromatic carbocycles. The third kappa shape index (κ3) is 2.97. The topological polar surface area (TPSA) is 17.8 Å². The minimum Gasteiger partial charge on any atom is -0.379 e. The van der Waals surface area contributed by atoms with Crippen molar-refractivity contribution in [2.75, 3.05) is 0 Å². The molecule has 0 fully saturated rings. The Bertz CT molecular complexity index is 114. The summed E-state index contributed by atoms with van der Waals surface area (Å²) in [6, 6.07) is 1.76. The van der Waals surface area contributed by atoms with Crippen LogP contribution in [0.25, 0.3) is 0 Å². The Kier molecular flexibility index (Phi) is 6.81. The molecule has 44 valence electrons. The summed E-state index contributed by atoms with van der Waals surface area (Å²) in [5.74, 6) is 0. The predicted octanol–water partition coefficient (Wildman–Crippen LogP) is 0.668. The van der Waals surface area contributed by atoms with Crippen LogP contribution < -0.4 is 0 Å². The maximum Gasteiger partial charge on any atom is 2.00 e. The molecule has 0 spiro atoms. The molecule has 8 heavy (non-hydrogen) atoms. The van der Waals surface area contributed by atoms with Crippen molar-refractivity contribution in [3.63, 3.8) is 0 Å². The van der Waals surface area contributed by atoms with Crippen LogP contribution in [0.4, 0.5) is 0 Å². The molecule has 0 saturated heterocycles. The van der Waals surface area contributed by atoms with Crippen molar-refractivity contribution in [3.05, 3.63) is 25.9 Å². The van der Waals surface area contributed by atoms with E-state index < -0.39 is 0 Å². The average Bonchev–Trinajstić information content (AvgIpc) is 1.86. The Morgan fingerprint density at radius 3 is 2.38 bits per heavy atom. The van der Waals surface area contributed by atoms with E-state index in [4.69, 9.17) is 0 Å². The molecule has 0 radical (unpaired) electrons. The zero-order chi connectivity index (χ0) is 4.41. The van der Waals surface area contributed by atoms with Crippen molar-refractivity contribution >= 4 is 0 Å². The quantitative estimate of drug-likeness (QED) is 0.639. The summed E-state index contributed by atoms with van der Waals surface area (Å²) in [7, 11) is 1.83. The maximum absolute atomic E-state index is 3.78. The van der Waals surface area contributed by atoms with Crippen LogP contribution in [0, 0.1) is 13.6 Å². The fourth-order valence-electron chi connectivity index (χ4n) is 0.308. The first-order valence-corrected chi connectivity index (χ1v) is 1.75. The number of hydrogen-bond acceptors (Lipinski definition) is 1. The Morgan fingerprint density at radius 1 is 1.62 bits per heavy atom. The summed E-state index contributed by atoms with van der Waals surface area (Å²) >= 11 is 0. The SMILES string of the molecule is Cn1[c-]ccn1.[CH3-].[W+2]. The molecule has 2 nitrogen and oxygen atoms in total. The Hall–Kier alpha value is -0.102. The molecule has 0 unspecified atom stereocenters. The van der Waals surface area contributed by atoms with E-state index in [2.05, 4.69) is 11.3 Å². The smallest absolute Gasteiger partial charge is 0.379 e. The summed E-state index contributed by atoms with van der Waals surface area (Å²) in [4.78, 5) is 0. The average molecular weight is 280 g/mol. The van der Waals surface area contributed by atoms with Gasteiger partial charge in [0.1, 0.15) is 0 Å². The molecule has 0 aliphatic heterocycles. The van der Waals surface area contributed by atoms with E-state index >= 15 is 0 Å². The molecule has 0 N–H and O–H groups in total. The summed E-state index contributed by atoms with van der Waals surface area (Å²) in [5, 5.41) is 3.78. The van der Waals surface area contributed by atoms with E-state index in [0.717, 1.165) is 0 Å². The number of aromatic nitrogens is 2. The number of hydrogen-bond donors (Lipinski definition) is 0. The predicted molar refractivity (Wildman–Crippen MR) is 28.5 cm³/mol. The van der Waals surface area contributed by atoms with Crippen molar-refractivity contribution in [1.29, 1.82) is 0 Å². The van der Waals surface area contributed by atoms with Gasteiger partial charge >= 0.3 is 21.1 Å². The van der Waals surface area contributed by atoms with Crippen LogP contribution in [0.3, 0.4) is 0 Å². The molecule has 0 bridgehead atoms. The van der Waals surface area contributed by atoms with Crippen molar-refractivity contribution < 1.29 is 21.1 Å². The molecule has 1 rings (SSSR count). The first kappa shape index (κ1) is 10.8. The summed E-state index contributed by atoms with van der Waals surface area (Å²) in [6.07, 6.45) is 4.50. The van der Waals surface area contributed by atoms with Gasteiger partial charge in [-0.25, -0.2) is 0 Å².